The first-order valence-electron chi connectivity index (χ1n) is 7.97. The number of sulfonamides is 1. The number of aliphatic imine (C=N–C) groups is 2. The zero-order chi connectivity index (χ0) is 20.9. The number of rotatable bonds is 6. The van der Waals surface area contributed by atoms with Crippen LogP contribution in [-0.2, 0) is 14.8 Å². The Hall–Kier alpha value is -2.17. The van der Waals surface area contributed by atoms with E-state index in [9.17, 15) is 18.0 Å². The van der Waals surface area contributed by atoms with E-state index in [0.29, 0.717) is 12.3 Å². The van der Waals surface area contributed by atoms with Crippen LogP contribution < -0.4 is 10.0 Å². The highest BCUT2D eigenvalue weighted by molar-refractivity contribution is 7.90. The number of amides is 2. The fourth-order valence-corrected chi connectivity index (χ4v) is 4.05. The summed E-state index contributed by atoms with van der Waals surface area (Å²) in [6.45, 7) is 1.79. The van der Waals surface area contributed by atoms with Crippen LogP contribution in [0.1, 0.15) is 23.7 Å². The second kappa shape index (κ2) is 8.89. The molecule has 2 atom stereocenters. The monoisotopic (exact) mass is 448 g/mol. The van der Waals surface area contributed by atoms with Crippen LogP contribution in [0.5, 0.6) is 0 Å². The molecule has 0 saturated carbocycles. The molecule has 2 amide bonds. The minimum Gasteiger partial charge on any atom is -0.465 e. The standard InChI is InChI=1S/C16H18Cl2N4O5S/c1-16(7-8-17)9-19-14(20-13(16)18)21-15(24)22-28(25,26)11-6-4-3-5-10(11)12(23)27-2/h3-6,9,14H,7-8H2,1-2H3,(H2,21,22,24). The van der Waals surface area contributed by atoms with E-state index in [2.05, 4.69) is 20.0 Å². The minimum absolute atomic E-state index is 0.187. The largest absolute Gasteiger partial charge is 0.465 e. The molecule has 9 nitrogen and oxygen atoms in total. The summed E-state index contributed by atoms with van der Waals surface area (Å²) in [7, 11) is -3.24. The Morgan fingerprint density at radius 1 is 1.32 bits per heavy atom. The number of carbonyl (C=O) groups is 2. The van der Waals surface area contributed by atoms with Crippen molar-refractivity contribution < 1.29 is 22.7 Å². The summed E-state index contributed by atoms with van der Waals surface area (Å²) in [4.78, 5) is 31.6. The van der Waals surface area contributed by atoms with E-state index in [0.717, 1.165) is 7.11 Å². The lowest BCUT2D eigenvalue weighted by atomic mass is 9.89. The first-order chi connectivity index (χ1) is 13.1. The van der Waals surface area contributed by atoms with Crippen molar-refractivity contribution >= 4 is 56.6 Å². The molecule has 0 radical (unpaired) electrons. The van der Waals surface area contributed by atoms with Crippen LogP contribution in [0.3, 0.4) is 0 Å². The molecular formula is C16H18Cl2N4O5S. The lowest BCUT2D eigenvalue weighted by Crippen LogP contribution is -2.45. The average molecular weight is 449 g/mol. The average Bonchev–Trinajstić information content (AvgIpc) is 2.64. The molecule has 1 heterocycles. The highest BCUT2D eigenvalue weighted by atomic mass is 35.5. The molecule has 2 N–H and O–H groups in total. The summed E-state index contributed by atoms with van der Waals surface area (Å²) in [5.74, 6) is -0.516. The second-order valence-electron chi connectivity index (χ2n) is 5.99. The Labute approximate surface area is 172 Å². The van der Waals surface area contributed by atoms with Gasteiger partial charge in [0.15, 0.2) is 0 Å². The van der Waals surface area contributed by atoms with Gasteiger partial charge in [0.25, 0.3) is 10.0 Å². The topological polar surface area (TPSA) is 126 Å². The highest BCUT2D eigenvalue weighted by Crippen LogP contribution is 2.27. The Morgan fingerprint density at radius 3 is 2.61 bits per heavy atom. The number of nitrogens with zero attached hydrogens (tertiary/aromatic N) is 2. The quantitative estimate of drug-likeness (QED) is 0.508. The highest BCUT2D eigenvalue weighted by Gasteiger charge is 2.32. The predicted molar refractivity (Wildman–Crippen MR) is 106 cm³/mol. The van der Waals surface area contributed by atoms with E-state index in [1.54, 1.807) is 11.6 Å². The maximum atomic E-state index is 12.5. The van der Waals surface area contributed by atoms with Crippen LogP contribution in [0, 0.1) is 5.41 Å². The van der Waals surface area contributed by atoms with Crippen molar-refractivity contribution in [2.75, 3.05) is 13.0 Å². The Balaban J connectivity index is 2.13. The maximum Gasteiger partial charge on any atom is 0.339 e. The van der Waals surface area contributed by atoms with Crippen molar-refractivity contribution in [2.45, 2.75) is 24.5 Å². The Kier molecular flexibility index (Phi) is 7.02. The molecule has 12 heteroatoms. The Morgan fingerprint density at radius 2 is 2.00 bits per heavy atom. The van der Waals surface area contributed by atoms with E-state index in [4.69, 9.17) is 23.2 Å². The molecule has 0 bridgehead atoms. The normalized spacial score (nSPS) is 21.6. The summed E-state index contributed by atoms with van der Waals surface area (Å²) in [5.41, 5.74) is -0.859. The van der Waals surface area contributed by atoms with Crippen LogP contribution in [0.4, 0.5) is 4.79 Å². The molecule has 28 heavy (non-hydrogen) atoms. The van der Waals surface area contributed by atoms with Crippen LogP contribution in [0.2, 0.25) is 0 Å². The van der Waals surface area contributed by atoms with Gasteiger partial charge in [0.05, 0.1) is 18.1 Å². The number of methoxy groups -OCH3 is 1. The first-order valence-corrected chi connectivity index (χ1v) is 10.4. The SMILES string of the molecule is COC(=O)c1ccccc1S(=O)(=O)NC(=O)NC1N=CC(C)(CCCl)C(Cl)=N1. The summed E-state index contributed by atoms with van der Waals surface area (Å²) in [6.07, 6.45) is 0.913. The fourth-order valence-electron chi connectivity index (χ4n) is 2.31. The second-order valence-corrected chi connectivity index (χ2v) is 8.38. The van der Waals surface area contributed by atoms with Gasteiger partial charge in [0.2, 0.25) is 6.29 Å². The minimum atomic E-state index is -4.35. The number of hydrogen-bond donors (Lipinski definition) is 2. The first kappa shape index (κ1) is 22.1. The molecule has 2 rings (SSSR count). The molecule has 1 aromatic rings. The van der Waals surface area contributed by atoms with E-state index < -0.39 is 38.6 Å². The van der Waals surface area contributed by atoms with Crippen molar-refractivity contribution in [3.05, 3.63) is 29.8 Å². The van der Waals surface area contributed by atoms with Crippen molar-refractivity contribution in [3.8, 4) is 0 Å². The predicted octanol–water partition coefficient (Wildman–Crippen LogP) is 2.10. The van der Waals surface area contributed by atoms with Gasteiger partial charge in [-0.15, -0.1) is 11.6 Å². The molecule has 1 aliphatic heterocycles. The van der Waals surface area contributed by atoms with Gasteiger partial charge < -0.3 is 4.74 Å². The number of ether oxygens (including phenoxy) is 1. The van der Waals surface area contributed by atoms with Crippen LogP contribution >= 0.6 is 23.2 Å². The lowest BCUT2D eigenvalue weighted by molar-refractivity contribution is 0.0596. The molecular weight excluding hydrogens is 431 g/mol. The number of halogens is 2. The van der Waals surface area contributed by atoms with Crippen LogP contribution in [0.25, 0.3) is 0 Å². The summed E-state index contributed by atoms with van der Waals surface area (Å²) in [5, 5.41) is 2.46. The van der Waals surface area contributed by atoms with Crippen molar-refractivity contribution in [1.29, 1.82) is 0 Å². The zero-order valence-electron chi connectivity index (χ0n) is 15.0. The van der Waals surface area contributed by atoms with Crippen LogP contribution in [-0.4, -0.2) is 51.1 Å². The number of benzene rings is 1. The van der Waals surface area contributed by atoms with Gasteiger partial charge in [0.1, 0.15) is 10.1 Å². The lowest BCUT2D eigenvalue weighted by Gasteiger charge is -2.27. The molecule has 0 aliphatic carbocycles. The fraction of sp³-hybridized carbons (Fsp3) is 0.375. The molecule has 0 aromatic heterocycles. The number of carbonyl (C=O) groups excluding carboxylic acids is 2. The summed E-state index contributed by atoms with van der Waals surface area (Å²) < 4.78 is 31.3. The van der Waals surface area contributed by atoms with Gasteiger partial charge in [0, 0.05) is 12.1 Å². The molecule has 152 valence electrons. The van der Waals surface area contributed by atoms with Crippen LogP contribution in [0.15, 0.2) is 39.1 Å². The van der Waals surface area contributed by atoms with Gasteiger partial charge in [-0.05, 0) is 25.5 Å². The third kappa shape index (κ3) is 5.00. The third-order valence-corrected chi connectivity index (χ3v) is 6.00. The number of esters is 1. The van der Waals surface area contributed by atoms with Gasteiger partial charge in [-0.3, -0.25) is 5.32 Å². The van der Waals surface area contributed by atoms with Crippen molar-refractivity contribution in [1.82, 2.24) is 10.0 Å². The summed E-state index contributed by atoms with van der Waals surface area (Å²) >= 11 is 11.9. The molecule has 0 spiro atoms. The Bertz CT molecular complexity index is 935. The van der Waals surface area contributed by atoms with E-state index >= 15 is 0 Å². The van der Waals surface area contributed by atoms with Gasteiger partial charge in [-0.25, -0.2) is 32.7 Å². The maximum absolute atomic E-state index is 12.5. The van der Waals surface area contributed by atoms with E-state index in [1.807, 2.05) is 0 Å². The molecule has 1 aliphatic rings. The smallest absolute Gasteiger partial charge is 0.339 e. The van der Waals surface area contributed by atoms with E-state index in [-0.39, 0.29) is 10.7 Å². The number of hydrogen-bond acceptors (Lipinski definition) is 7. The third-order valence-electron chi connectivity index (χ3n) is 3.89. The molecule has 1 aromatic carbocycles. The zero-order valence-corrected chi connectivity index (χ0v) is 17.3. The number of nitrogens with one attached hydrogen (secondary N) is 2. The van der Waals surface area contributed by atoms with Gasteiger partial charge in [-0.2, -0.15) is 0 Å². The molecule has 0 fully saturated rings. The van der Waals surface area contributed by atoms with Gasteiger partial charge in [-0.1, -0.05) is 23.7 Å². The number of alkyl halides is 1. The van der Waals surface area contributed by atoms with E-state index in [1.165, 1.54) is 30.5 Å². The van der Waals surface area contributed by atoms with Gasteiger partial charge >= 0.3 is 12.0 Å². The molecule has 2 unspecified atom stereocenters. The van der Waals surface area contributed by atoms with Crippen molar-refractivity contribution in [2.24, 2.45) is 15.4 Å². The summed E-state index contributed by atoms with van der Waals surface area (Å²) in [6, 6.07) is 4.23. The van der Waals surface area contributed by atoms with Crippen molar-refractivity contribution in [3.63, 3.8) is 0 Å². The number of urea groups is 1. The molecule has 0 saturated heterocycles.